The summed E-state index contributed by atoms with van der Waals surface area (Å²) in [5.74, 6) is -3.11. The number of halogens is 3. The van der Waals surface area contributed by atoms with Crippen LogP contribution in [0.3, 0.4) is 0 Å². The van der Waals surface area contributed by atoms with E-state index in [1.54, 1.807) is 0 Å². The number of carboxylic acids is 1. The molecule has 8 heteroatoms. The van der Waals surface area contributed by atoms with E-state index in [1.165, 1.54) is 11.8 Å². The second-order valence-corrected chi connectivity index (χ2v) is 5.32. The van der Waals surface area contributed by atoms with E-state index in [9.17, 15) is 22.8 Å². The van der Waals surface area contributed by atoms with Gasteiger partial charge in [0.05, 0.1) is 11.5 Å². The third-order valence-corrected chi connectivity index (χ3v) is 3.88. The Morgan fingerprint density at radius 1 is 1.44 bits per heavy atom. The van der Waals surface area contributed by atoms with Crippen LogP contribution < -0.4 is 0 Å². The molecule has 1 aliphatic rings. The standard InChI is InChI=1S/C10H14F3NO3S/c1-9(8(16)17)3-2-4-14(9)7(15)5-18-6-10(11,12)13/h2-6H2,1H3,(H,16,17). The number of carbonyl (C=O) groups is 2. The van der Waals surface area contributed by atoms with Crippen molar-refractivity contribution < 1.29 is 27.9 Å². The Labute approximate surface area is 107 Å². The van der Waals surface area contributed by atoms with Gasteiger partial charge in [0.1, 0.15) is 5.54 Å². The molecule has 1 heterocycles. The molecule has 0 spiro atoms. The van der Waals surface area contributed by atoms with Gasteiger partial charge in [0.25, 0.3) is 0 Å². The summed E-state index contributed by atoms with van der Waals surface area (Å²) in [5, 5.41) is 9.07. The molecule has 1 amide bonds. The first-order valence-corrected chi connectivity index (χ1v) is 6.50. The fourth-order valence-corrected chi connectivity index (χ4v) is 2.58. The Balaban J connectivity index is 2.54. The third kappa shape index (κ3) is 3.54. The second kappa shape index (κ2) is 5.38. The molecule has 0 bridgehead atoms. The lowest BCUT2D eigenvalue weighted by atomic mass is 9.99. The quantitative estimate of drug-likeness (QED) is 0.855. The molecule has 1 unspecified atom stereocenters. The zero-order valence-corrected chi connectivity index (χ0v) is 10.6. The van der Waals surface area contributed by atoms with Crippen molar-refractivity contribution in [3.05, 3.63) is 0 Å². The number of hydrogen-bond acceptors (Lipinski definition) is 3. The monoisotopic (exact) mass is 285 g/mol. The number of rotatable bonds is 4. The molecule has 1 saturated heterocycles. The molecule has 1 rings (SSSR count). The van der Waals surface area contributed by atoms with Crippen LogP contribution in [0.5, 0.6) is 0 Å². The molecule has 1 aliphatic heterocycles. The van der Waals surface area contributed by atoms with Gasteiger partial charge in [-0.1, -0.05) is 0 Å². The number of carbonyl (C=O) groups excluding carboxylic acids is 1. The number of hydrogen-bond donors (Lipinski definition) is 1. The molecule has 18 heavy (non-hydrogen) atoms. The van der Waals surface area contributed by atoms with E-state index in [1.807, 2.05) is 0 Å². The van der Waals surface area contributed by atoms with Crippen LogP contribution in [0.2, 0.25) is 0 Å². The molecule has 1 fully saturated rings. The van der Waals surface area contributed by atoms with E-state index in [2.05, 4.69) is 0 Å². The van der Waals surface area contributed by atoms with Crippen LogP contribution in [0.25, 0.3) is 0 Å². The predicted molar refractivity (Wildman–Crippen MR) is 60.4 cm³/mol. The van der Waals surface area contributed by atoms with Gasteiger partial charge in [0, 0.05) is 6.54 Å². The molecule has 4 nitrogen and oxygen atoms in total. The SMILES string of the molecule is CC1(C(=O)O)CCCN1C(=O)CSCC(F)(F)F. The number of thioether (sulfide) groups is 1. The first-order chi connectivity index (χ1) is 8.17. The Morgan fingerprint density at radius 2 is 2.06 bits per heavy atom. The van der Waals surface area contributed by atoms with Crippen molar-refractivity contribution in [1.29, 1.82) is 0 Å². The number of aliphatic carboxylic acids is 1. The first kappa shape index (κ1) is 15.1. The molecule has 0 aromatic heterocycles. The summed E-state index contributed by atoms with van der Waals surface area (Å²) in [6.07, 6.45) is -3.43. The highest BCUT2D eigenvalue weighted by Crippen LogP contribution is 2.30. The van der Waals surface area contributed by atoms with Crippen LogP contribution in [-0.2, 0) is 9.59 Å². The summed E-state index contributed by atoms with van der Waals surface area (Å²) in [7, 11) is 0. The average Bonchev–Trinajstić information content (AvgIpc) is 2.59. The van der Waals surface area contributed by atoms with Crippen LogP contribution >= 0.6 is 11.8 Å². The minimum absolute atomic E-state index is 0.286. The first-order valence-electron chi connectivity index (χ1n) is 5.35. The van der Waals surface area contributed by atoms with Gasteiger partial charge in [-0.3, -0.25) is 4.79 Å². The summed E-state index contributed by atoms with van der Waals surface area (Å²) in [6, 6.07) is 0. The molecule has 104 valence electrons. The molecule has 0 aromatic carbocycles. The number of likely N-dealkylation sites (tertiary alicyclic amines) is 1. The highest BCUT2D eigenvalue weighted by atomic mass is 32.2. The van der Waals surface area contributed by atoms with Crippen molar-refractivity contribution in [3.63, 3.8) is 0 Å². The van der Waals surface area contributed by atoms with E-state index < -0.39 is 29.3 Å². The Morgan fingerprint density at radius 3 is 2.56 bits per heavy atom. The lowest BCUT2D eigenvalue weighted by Gasteiger charge is -2.31. The number of nitrogens with zero attached hydrogens (tertiary/aromatic N) is 1. The van der Waals surface area contributed by atoms with Crippen LogP contribution in [0.4, 0.5) is 13.2 Å². The smallest absolute Gasteiger partial charge is 0.397 e. The van der Waals surface area contributed by atoms with Crippen LogP contribution in [-0.4, -0.2) is 51.6 Å². The zero-order valence-electron chi connectivity index (χ0n) is 9.79. The fourth-order valence-electron chi connectivity index (χ4n) is 1.92. The average molecular weight is 285 g/mol. The van der Waals surface area contributed by atoms with Crippen molar-refractivity contribution in [2.45, 2.75) is 31.5 Å². The Kier molecular flexibility index (Phi) is 4.52. The topological polar surface area (TPSA) is 57.6 Å². The van der Waals surface area contributed by atoms with Gasteiger partial charge >= 0.3 is 12.1 Å². The molecule has 1 N–H and O–H groups in total. The predicted octanol–water partition coefficient (Wildman–Crippen LogP) is 1.75. The lowest BCUT2D eigenvalue weighted by molar-refractivity contribution is -0.154. The fraction of sp³-hybridized carbons (Fsp3) is 0.800. The van der Waals surface area contributed by atoms with Crippen molar-refractivity contribution >= 4 is 23.6 Å². The highest BCUT2D eigenvalue weighted by Gasteiger charge is 2.45. The highest BCUT2D eigenvalue weighted by molar-refractivity contribution is 8.00. The van der Waals surface area contributed by atoms with Crippen LogP contribution in [0.15, 0.2) is 0 Å². The molecular weight excluding hydrogens is 271 g/mol. The van der Waals surface area contributed by atoms with E-state index in [0.29, 0.717) is 24.6 Å². The van der Waals surface area contributed by atoms with Gasteiger partial charge in [-0.15, -0.1) is 11.8 Å². The molecule has 0 aliphatic carbocycles. The van der Waals surface area contributed by atoms with E-state index in [4.69, 9.17) is 5.11 Å². The maximum atomic E-state index is 11.9. The van der Waals surface area contributed by atoms with Crippen LogP contribution in [0, 0.1) is 0 Å². The number of carboxylic acid groups (broad SMARTS) is 1. The lowest BCUT2D eigenvalue weighted by Crippen LogP contribution is -2.51. The van der Waals surface area contributed by atoms with Gasteiger partial charge in [-0.25, -0.2) is 4.79 Å². The van der Waals surface area contributed by atoms with Gasteiger partial charge in [0.2, 0.25) is 5.91 Å². The summed E-state index contributed by atoms with van der Waals surface area (Å²) in [5.41, 5.74) is -1.28. The Bertz CT molecular complexity index is 348. The number of alkyl halides is 3. The molecule has 0 radical (unpaired) electrons. The second-order valence-electron chi connectivity index (χ2n) is 4.34. The van der Waals surface area contributed by atoms with Gasteiger partial charge in [0.15, 0.2) is 0 Å². The maximum Gasteiger partial charge on any atom is 0.397 e. The van der Waals surface area contributed by atoms with E-state index in [0.717, 1.165) is 0 Å². The normalized spacial score (nSPS) is 24.3. The summed E-state index contributed by atoms with van der Waals surface area (Å²) in [6.45, 7) is 1.71. The zero-order chi connectivity index (χ0) is 14.0. The summed E-state index contributed by atoms with van der Waals surface area (Å²) in [4.78, 5) is 24.0. The van der Waals surface area contributed by atoms with Gasteiger partial charge in [-0.2, -0.15) is 13.2 Å². The molecular formula is C10H14F3NO3S. The maximum absolute atomic E-state index is 11.9. The summed E-state index contributed by atoms with van der Waals surface area (Å²) < 4.78 is 35.8. The van der Waals surface area contributed by atoms with Gasteiger partial charge in [-0.05, 0) is 19.8 Å². The van der Waals surface area contributed by atoms with E-state index >= 15 is 0 Å². The minimum atomic E-state index is -4.31. The van der Waals surface area contributed by atoms with Crippen molar-refractivity contribution in [2.75, 3.05) is 18.1 Å². The largest absolute Gasteiger partial charge is 0.480 e. The van der Waals surface area contributed by atoms with Crippen molar-refractivity contribution in [3.8, 4) is 0 Å². The molecule has 0 saturated carbocycles. The summed E-state index contributed by atoms with van der Waals surface area (Å²) >= 11 is 0.458. The van der Waals surface area contributed by atoms with Crippen LogP contribution in [0.1, 0.15) is 19.8 Å². The van der Waals surface area contributed by atoms with Gasteiger partial charge < -0.3 is 10.0 Å². The number of amides is 1. The molecule has 1 atom stereocenters. The van der Waals surface area contributed by atoms with Crippen molar-refractivity contribution in [1.82, 2.24) is 4.90 Å². The van der Waals surface area contributed by atoms with E-state index in [-0.39, 0.29) is 12.3 Å². The minimum Gasteiger partial charge on any atom is -0.480 e. The van der Waals surface area contributed by atoms with Crippen molar-refractivity contribution in [2.24, 2.45) is 0 Å². The third-order valence-electron chi connectivity index (χ3n) is 2.89. The molecule has 0 aromatic rings. The Hall–Kier alpha value is -0.920.